The lowest BCUT2D eigenvalue weighted by atomic mass is 10.2. The van der Waals surface area contributed by atoms with Gasteiger partial charge in [0.2, 0.25) is 5.91 Å². The van der Waals surface area contributed by atoms with E-state index in [1.807, 2.05) is 36.4 Å². The van der Waals surface area contributed by atoms with Gasteiger partial charge >= 0.3 is 0 Å². The third-order valence-electron chi connectivity index (χ3n) is 4.00. The number of anilines is 2. The summed E-state index contributed by atoms with van der Waals surface area (Å²) >= 11 is 0. The fourth-order valence-electron chi connectivity index (χ4n) is 2.80. The molecule has 0 atom stereocenters. The summed E-state index contributed by atoms with van der Waals surface area (Å²) in [5.41, 5.74) is 2.70. The summed E-state index contributed by atoms with van der Waals surface area (Å²) in [6.07, 6.45) is -0.219. The van der Waals surface area contributed by atoms with Gasteiger partial charge in [-0.3, -0.25) is 4.79 Å². The van der Waals surface area contributed by atoms with Gasteiger partial charge in [-0.05, 0) is 31.2 Å². The van der Waals surface area contributed by atoms with Crippen molar-refractivity contribution in [2.75, 3.05) is 22.9 Å². The molecule has 4 heteroatoms. The number of hydrogen-bond acceptors (Lipinski definition) is 3. The summed E-state index contributed by atoms with van der Waals surface area (Å²) in [5.74, 6) is -0.126. The van der Waals surface area contributed by atoms with Crippen molar-refractivity contribution in [2.45, 2.75) is 13.2 Å². The van der Waals surface area contributed by atoms with Crippen molar-refractivity contribution in [3.63, 3.8) is 0 Å². The molecule has 2 aromatic rings. The Hall–Kier alpha value is -2.75. The van der Waals surface area contributed by atoms with Crippen LogP contribution in [0.15, 0.2) is 72.8 Å². The summed E-state index contributed by atoms with van der Waals surface area (Å²) in [6, 6.07) is 20.3. The molecule has 23 heavy (non-hydrogen) atoms. The molecular weight excluding hydrogens is 286 g/mol. The molecule has 0 bridgehead atoms. The quantitative estimate of drug-likeness (QED) is 0.882. The second-order valence-electron chi connectivity index (χ2n) is 5.69. The molecule has 0 radical (unpaired) electrons. The number of nitrogens with one attached hydrogen (secondary N) is 1. The molecule has 0 unspecified atom stereocenters. The Morgan fingerprint density at radius 1 is 0.957 bits per heavy atom. The van der Waals surface area contributed by atoms with Gasteiger partial charge in [0.05, 0.1) is 0 Å². The normalized spacial score (nSPS) is 14.8. The third kappa shape index (κ3) is 3.21. The molecule has 0 spiro atoms. The van der Waals surface area contributed by atoms with Crippen molar-refractivity contribution in [2.24, 2.45) is 0 Å². The predicted molar refractivity (Wildman–Crippen MR) is 94.3 cm³/mol. The Labute approximate surface area is 137 Å². The molecule has 1 amide bonds. The largest absolute Gasteiger partial charge is 0.332 e. The van der Waals surface area contributed by atoms with E-state index in [-0.39, 0.29) is 12.2 Å². The number of hydrogen-bond donors (Lipinski definition) is 1. The molecule has 1 fully saturated rings. The van der Waals surface area contributed by atoms with Gasteiger partial charge in [0.1, 0.15) is 0 Å². The Kier molecular flexibility index (Phi) is 4.33. The van der Waals surface area contributed by atoms with Crippen LogP contribution >= 0.6 is 0 Å². The molecule has 0 aromatic heterocycles. The van der Waals surface area contributed by atoms with Gasteiger partial charge in [0.25, 0.3) is 0 Å². The summed E-state index contributed by atoms with van der Waals surface area (Å²) in [5, 5.41) is 3.09. The molecule has 2 aromatic carbocycles. The monoisotopic (exact) mass is 307 g/mol. The van der Waals surface area contributed by atoms with Crippen LogP contribution in [0.3, 0.4) is 0 Å². The zero-order valence-corrected chi connectivity index (χ0v) is 13.3. The van der Waals surface area contributed by atoms with E-state index in [0.29, 0.717) is 5.57 Å². The van der Waals surface area contributed by atoms with Crippen LogP contribution in [0, 0.1) is 0 Å². The van der Waals surface area contributed by atoms with Crippen molar-refractivity contribution in [3.05, 3.63) is 72.8 Å². The highest BCUT2D eigenvalue weighted by atomic mass is 16.2. The van der Waals surface area contributed by atoms with Crippen molar-refractivity contribution in [1.29, 1.82) is 0 Å². The molecule has 1 saturated heterocycles. The number of amides is 1. The van der Waals surface area contributed by atoms with Gasteiger partial charge in [-0.1, -0.05) is 43.0 Å². The number of nitrogens with zero attached hydrogens (tertiary/aromatic N) is 2. The van der Waals surface area contributed by atoms with E-state index in [2.05, 4.69) is 46.0 Å². The first-order valence-corrected chi connectivity index (χ1v) is 7.76. The van der Waals surface area contributed by atoms with E-state index in [9.17, 15) is 4.79 Å². The summed E-state index contributed by atoms with van der Waals surface area (Å²) in [7, 11) is 0. The van der Waals surface area contributed by atoms with E-state index in [1.54, 1.807) is 6.92 Å². The Bertz CT molecular complexity index is 637. The minimum atomic E-state index is -0.219. The topological polar surface area (TPSA) is 35.6 Å². The molecule has 4 nitrogen and oxygen atoms in total. The predicted octanol–water partition coefficient (Wildman–Crippen LogP) is 2.99. The van der Waals surface area contributed by atoms with Crippen LogP contribution in [0.4, 0.5) is 11.4 Å². The van der Waals surface area contributed by atoms with Crippen molar-refractivity contribution >= 4 is 17.3 Å². The average molecular weight is 307 g/mol. The molecule has 0 saturated carbocycles. The van der Waals surface area contributed by atoms with E-state index < -0.39 is 0 Å². The van der Waals surface area contributed by atoms with Crippen LogP contribution in [-0.4, -0.2) is 25.3 Å². The number of carbonyl (C=O) groups excluding carboxylic acids is 1. The van der Waals surface area contributed by atoms with Crippen LogP contribution in [0.2, 0.25) is 0 Å². The van der Waals surface area contributed by atoms with Crippen LogP contribution < -0.4 is 15.1 Å². The number of benzene rings is 2. The highest BCUT2D eigenvalue weighted by Gasteiger charge is 2.33. The van der Waals surface area contributed by atoms with Crippen LogP contribution in [0.1, 0.15) is 6.92 Å². The second-order valence-corrected chi connectivity index (χ2v) is 5.69. The van der Waals surface area contributed by atoms with Crippen LogP contribution in [0.25, 0.3) is 0 Å². The highest BCUT2D eigenvalue weighted by molar-refractivity contribution is 5.92. The molecule has 118 valence electrons. The van der Waals surface area contributed by atoms with E-state index >= 15 is 0 Å². The Morgan fingerprint density at radius 3 is 1.78 bits per heavy atom. The molecular formula is C19H21N3O. The second kappa shape index (κ2) is 6.57. The molecule has 0 aliphatic carbocycles. The standard InChI is InChI=1S/C19H21N3O/c1-15(2)18(23)20-19-21(16-9-5-3-6-10-16)13-14-22(19)17-11-7-4-8-12-17/h3-12,19H,1,13-14H2,2H3,(H,20,23). The zero-order chi connectivity index (χ0) is 16.2. The fraction of sp³-hybridized carbons (Fsp3) is 0.211. The van der Waals surface area contributed by atoms with Crippen molar-refractivity contribution in [3.8, 4) is 0 Å². The SMILES string of the molecule is C=C(C)C(=O)NC1N(c2ccccc2)CCN1c1ccccc1. The Morgan fingerprint density at radius 2 is 1.39 bits per heavy atom. The van der Waals surface area contributed by atoms with Crippen LogP contribution in [-0.2, 0) is 4.79 Å². The van der Waals surface area contributed by atoms with Crippen LogP contribution in [0.5, 0.6) is 0 Å². The molecule has 1 aliphatic heterocycles. The first kappa shape index (κ1) is 15.2. The van der Waals surface area contributed by atoms with Gasteiger partial charge in [-0.15, -0.1) is 0 Å². The third-order valence-corrected chi connectivity index (χ3v) is 4.00. The smallest absolute Gasteiger partial charge is 0.249 e. The number of para-hydroxylation sites is 2. The van der Waals surface area contributed by atoms with Gasteiger partial charge < -0.3 is 15.1 Å². The lowest BCUT2D eigenvalue weighted by Gasteiger charge is -2.33. The molecule has 3 rings (SSSR count). The van der Waals surface area contributed by atoms with E-state index in [4.69, 9.17) is 0 Å². The minimum absolute atomic E-state index is 0.126. The molecule has 1 N–H and O–H groups in total. The first-order valence-electron chi connectivity index (χ1n) is 7.76. The molecule has 1 heterocycles. The minimum Gasteiger partial charge on any atom is -0.332 e. The number of rotatable bonds is 4. The van der Waals surface area contributed by atoms with Crippen molar-refractivity contribution in [1.82, 2.24) is 5.32 Å². The highest BCUT2D eigenvalue weighted by Crippen LogP contribution is 2.26. The summed E-state index contributed by atoms with van der Waals surface area (Å²) < 4.78 is 0. The lowest BCUT2D eigenvalue weighted by Crippen LogP contribution is -2.52. The molecule has 1 aliphatic rings. The number of carbonyl (C=O) groups is 1. The van der Waals surface area contributed by atoms with E-state index in [1.165, 1.54) is 0 Å². The van der Waals surface area contributed by atoms with Crippen molar-refractivity contribution < 1.29 is 4.79 Å². The van der Waals surface area contributed by atoms with Gasteiger partial charge in [0.15, 0.2) is 6.29 Å². The fourth-order valence-corrected chi connectivity index (χ4v) is 2.80. The lowest BCUT2D eigenvalue weighted by molar-refractivity contribution is -0.118. The first-order chi connectivity index (χ1) is 11.2. The average Bonchev–Trinajstić information content (AvgIpc) is 3.00. The summed E-state index contributed by atoms with van der Waals surface area (Å²) in [4.78, 5) is 16.6. The van der Waals surface area contributed by atoms with Gasteiger partial charge in [-0.25, -0.2) is 0 Å². The van der Waals surface area contributed by atoms with Gasteiger partial charge in [0, 0.05) is 30.0 Å². The van der Waals surface area contributed by atoms with E-state index in [0.717, 1.165) is 24.5 Å². The zero-order valence-electron chi connectivity index (χ0n) is 13.3. The summed E-state index contributed by atoms with van der Waals surface area (Å²) in [6.45, 7) is 7.16. The maximum atomic E-state index is 12.2. The maximum Gasteiger partial charge on any atom is 0.249 e. The Balaban J connectivity index is 1.91. The van der Waals surface area contributed by atoms with Gasteiger partial charge in [-0.2, -0.15) is 0 Å². The maximum absolute atomic E-state index is 12.2.